The molecular weight excluding hydrogens is 296 g/mol. The van der Waals surface area contributed by atoms with Crippen molar-refractivity contribution in [2.45, 2.75) is 20.4 Å². The van der Waals surface area contributed by atoms with Gasteiger partial charge in [0.15, 0.2) is 0 Å². The third-order valence-corrected chi connectivity index (χ3v) is 2.95. The molecule has 0 unspecified atom stereocenters. The first-order chi connectivity index (χ1) is 11.1. The minimum atomic E-state index is 0.174. The van der Waals surface area contributed by atoms with Crippen molar-refractivity contribution in [2.75, 3.05) is 10.6 Å². The Morgan fingerprint density at radius 2 is 2.00 bits per heavy atom. The molecule has 3 N–H and O–H groups in total. The van der Waals surface area contributed by atoms with E-state index >= 15 is 0 Å². The second-order valence-corrected chi connectivity index (χ2v) is 4.96. The number of phenols is 1. The quantitative estimate of drug-likeness (QED) is 0.659. The maximum atomic E-state index is 9.50. The number of rotatable bonds is 5. The summed E-state index contributed by atoms with van der Waals surface area (Å²) in [6, 6.07) is 8.57. The third kappa shape index (κ3) is 3.94. The van der Waals surface area contributed by atoms with E-state index in [2.05, 4.69) is 30.8 Å². The number of benzene rings is 1. The van der Waals surface area contributed by atoms with Crippen LogP contribution >= 0.6 is 0 Å². The summed E-state index contributed by atoms with van der Waals surface area (Å²) in [6.07, 6.45) is 0. The number of nitrogens with zero attached hydrogens (tertiary/aromatic N) is 4. The van der Waals surface area contributed by atoms with Gasteiger partial charge in [0.25, 0.3) is 0 Å². The Kier molecular flexibility index (Phi) is 4.05. The maximum absolute atomic E-state index is 9.50. The highest BCUT2D eigenvalue weighted by atomic mass is 16.4. The van der Waals surface area contributed by atoms with Gasteiger partial charge in [-0.15, -0.1) is 10.2 Å². The highest BCUT2D eigenvalue weighted by Crippen LogP contribution is 2.19. The molecule has 2 aromatic heterocycles. The number of anilines is 3. The lowest BCUT2D eigenvalue weighted by Gasteiger charge is -2.09. The van der Waals surface area contributed by atoms with E-state index in [4.69, 9.17) is 4.42 Å². The Morgan fingerprint density at radius 3 is 2.74 bits per heavy atom. The maximum Gasteiger partial charge on any atom is 0.235 e. The molecule has 23 heavy (non-hydrogen) atoms. The molecule has 0 fully saturated rings. The van der Waals surface area contributed by atoms with Gasteiger partial charge < -0.3 is 20.2 Å². The van der Waals surface area contributed by atoms with E-state index in [1.165, 1.54) is 0 Å². The topological polar surface area (TPSA) is 109 Å². The molecule has 0 aliphatic rings. The Labute approximate surface area is 132 Å². The van der Waals surface area contributed by atoms with E-state index in [-0.39, 0.29) is 5.75 Å². The summed E-state index contributed by atoms with van der Waals surface area (Å²) < 4.78 is 5.30. The zero-order valence-electron chi connectivity index (χ0n) is 12.7. The van der Waals surface area contributed by atoms with Crippen LogP contribution in [0.4, 0.5) is 17.5 Å². The predicted molar refractivity (Wildman–Crippen MR) is 84.5 cm³/mol. The molecule has 0 bridgehead atoms. The van der Waals surface area contributed by atoms with Crippen LogP contribution in [0, 0.1) is 13.8 Å². The standard InChI is InChI=1S/C15H16N6O2/c1-9-6-13(16-8-14-21-20-10(2)23-14)19-15(17-9)18-11-4-3-5-12(22)7-11/h3-7,22H,8H2,1-2H3,(H2,16,17,18,19). The summed E-state index contributed by atoms with van der Waals surface area (Å²) in [7, 11) is 0. The average Bonchev–Trinajstić information content (AvgIpc) is 2.90. The Balaban J connectivity index is 1.73. The lowest BCUT2D eigenvalue weighted by molar-refractivity contribution is 0.474. The molecule has 0 aliphatic carbocycles. The fraction of sp³-hybridized carbons (Fsp3) is 0.200. The Hall–Kier alpha value is -3.16. The van der Waals surface area contributed by atoms with Gasteiger partial charge in [-0.2, -0.15) is 4.98 Å². The first kappa shape index (κ1) is 14.8. The summed E-state index contributed by atoms with van der Waals surface area (Å²) in [6.45, 7) is 3.99. The van der Waals surface area contributed by atoms with Gasteiger partial charge in [0.05, 0.1) is 6.54 Å². The molecule has 118 valence electrons. The van der Waals surface area contributed by atoms with Crippen molar-refractivity contribution in [3.05, 3.63) is 47.8 Å². The van der Waals surface area contributed by atoms with Crippen molar-refractivity contribution in [3.63, 3.8) is 0 Å². The van der Waals surface area contributed by atoms with Gasteiger partial charge in [0.2, 0.25) is 17.7 Å². The molecule has 3 rings (SSSR count). The molecule has 1 aromatic carbocycles. The minimum Gasteiger partial charge on any atom is -0.508 e. The van der Waals surface area contributed by atoms with Crippen LogP contribution in [-0.2, 0) is 6.54 Å². The third-order valence-electron chi connectivity index (χ3n) is 2.95. The molecule has 0 saturated heterocycles. The molecule has 8 heteroatoms. The SMILES string of the molecule is Cc1cc(NCc2nnc(C)o2)nc(Nc2cccc(O)c2)n1. The summed E-state index contributed by atoms with van der Waals surface area (Å²) in [5.74, 6) is 2.25. The van der Waals surface area contributed by atoms with Gasteiger partial charge in [-0.1, -0.05) is 6.07 Å². The van der Waals surface area contributed by atoms with Gasteiger partial charge in [0.1, 0.15) is 11.6 Å². The molecule has 0 radical (unpaired) electrons. The van der Waals surface area contributed by atoms with Crippen LogP contribution in [0.15, 0.2) is 34.7 Å². The van der Waals surface area contributed by atoms with Crippen molar-refractivity contribution in [2.24, 2.45) is 0 Å². The van der Waals surface area contributed by atoms with Crippen molar-refractivity contribution < 1.29 is 9.52 Å². The van der Waals surface area contributed by atoms with Crippen LogP contribution in [0.1, 0.15) is 17.5 Å². The Bertz CT molecular complexity index is 817. The molecule has 0 atom stereocenters. The number of aryl methyl sites for hydroxylation is 2. The Morgan fingerprint density at radius 1 is 1.13 bits per heavy atom. The van der Waals surface area contributed by atoms with Crippen LogP contribution in [-0.4, -0.2) is 25.3 Å². The monoisotopic (exact) mass is 312 g/mol. The van der Waals surface area contributed by atoms with Crippen molar-refractivity contribution in [1.82, 2.24) is 20.2 Å². The van der Waals surface area contributed by atoms with Gasteiger partial charge in [0, 0.05) is 30.4 Å². The van der Waals surface area contributed by atoms with Gasteiger partial charge in [-0.25, -0.2) is 4.98 Å². The largest absolute Gasteiger partial charge is 0.508 e. The summed E-state index contributed by atoms with van der Waals surface area (Å²) in [5, 5.41) is 23.4. The van der Waals surface area contributed by atoms with E-state index in [0.29, 0.717) is 35.8 Å². The van der Waals surface area contributed by atoms with E-state index in [0.717, 1.165) is 5.69 Å². The van der Waals surface area contributed by atoms with Crippen LogP contribution in [0.2, 0.25) is 0 Å². The number of phenolic OH excluding ortho intramolecular Hbond substituents is 1. The average molecular weight is 312 g/mol. The van der Waals surface area contributed by atoms with Crippen LogP contribution in [0.25, 0.3) is 0 Å². The van der Waals surface area contributed by atoms with E-state index in [1.54, 1.807) is 25.1 Å². The summed E-state index contributed by atoms with van der Waals surface area (Å²) >= 11 is 0. The van der Waals surface area contributed by atoms with Crippen molar-refractivity contribution in [1.29, 1.82) is 0 Å². The summed E-state index contributed by atoms with van der Waals surface area (Å²) in [4.78, 5) is 8.70. The fourth-order valence-corrected chi connectivity index (χ4v) is 2.00. The zero-order valence-corrected chi connectivity index (χ0v) is 12.7. The van der Waals surface area contributed by atoms with E-state index in [1.807, 2.05) is 19.1 Å². The smallest absolute Gasteiger partial charge is 0.235 e. The first-order valence-corrected chi connectivity index (χ1v) is 7.03. The number of aromatic nitrogens is 4. The minimum absolute atomic E-state index is 0.174. The first-order valence-electron chi connectivity index (χ1n) is 7.03. The van der Waals surface area contributed by atoms with Gasteiger partial charge in [-0.3, -0.25) is 0 Å². The van der Waals surface area contributed by atoms with E-state index < -0.39 is 0 Å². The number of hydrogen-bond acceptors (Lipinski definition) is 8. The molecule has 0 amide bonds. The van der Waals surface area contributed by atoms with Crippen molar-refractivity contribution in [3.8, 4) is 5.75 Å². The lowest BCUT2D eigenvalue weighted by Crippen LogP contribution is -2.05. The number of hydrogen-bond donors (Lipinski definition) is 3. The van der Waals surface area contributed by atoms with E-state index in [9.17, 15) is 5.11 Å². The fourth-order valence-electron chi connectivity index (χ4n) is 2.00. The van der Waals surface area contributed by atoms with Crippen LogP contribution < -0.4 is 10.6 Å². The molecule has 2 heterocycles. The second kappa shape index (κ2) is 6.30. The predicted octanol–water partition coefficient (Wildman–Crippen LogP) is 2.54. The molecule has 8 nitrogen and oxygen atoms in total. The highest BCUT2D eigenvalue weighted by Gasteiger charge is 2.06. The van der Waals surface area contributed by atoms with Gasteiger partial charge in [-0.05, 0) is 19.1 Å². The van der Waals surface area contributed by atoms with Crippen molar-refractivity contribution >= 4 is 17.5 Å². The van der Waals surface area contributed by atoms with Crippen LogP contribution in [0.5, 0.6) is 5.75 Å². The number of aromatic hydroxyl groups is 1. The highest BCUT2D eigenvalue weighted by molar-refractivity contribution is 5.57. The molecular formula is C15H16N6O2. The molecule has 0 aliphatic heterocycles. The zero-order chi connectivity index (χ0) is 16.2. The normalized spacial score (nSPS) is 10.5. The second-order valence-electron chi connectivity index (χ2n) is 4.96. The lowest BCUT2D eigenvalue weighted by atomic mass is 10.3. The van der Waals surface area contributed by atoms with Crippen LogP contribution in [0.3, 0.4) is 0 Å². The summed E-state index contributed by atoms with van der Waals surface area (Å²) in [5.41, 5.74) is 1.50. The molecule has 0 spiro atoms. The molecule has 0 saturated carbocycles. The van der Waals surface area contributed by atoms with Gasteiger partial charge >= 0.3 is 0 Å². The number of nitrogens with one attached hydrogen (secondary N) is 2. The molecule has 3 aromatic rings.